The summed E-state index contributed by atoms with van der Waals surface area (Å²) in [6.45, 7) is 5.04. The molecule has 4 nitrogen and oxygen atoms in total. The third kappa shape index (κ3) is 3.97. The van der Waals surface area contributed by atoms with Crippen LogP contribution in [0.3, 0.4) is 0 Å². The summed E-state index contributed by atoms with van der Waals surface area (Å²) in [5.74, 6) is -0.741. The van der Waals surface area contributed by atoms with Crippen LogP contribution in [0.4, 0.5) is 4.39 Å². The predicted octanol–water partition coefficient (Wildman–Crippen LogP) is 3.79. The molecule has 1 N–H and O–H groups in total. The number of hydrogen-bond donors (Lipinski definition) is 1. The smallest absolute Gasteiger partial charge is 0.313 e. The molecule has 0 saturated heterocycles. The zero-order valence-electron chi connectivity index (χ0n) is 12.2. The number of fused-ring (bicyclic) bond motifs is 1. The highest BCUT2D eigenvalue weighted by Crippen LogP contribution is 2.26. The van der Waals surface area contributed by atoms with Gasteiger partial charge in [-0.15, -0.1) is 0 Å². The number of rotatable bonds is 7. The molecular weight excluding hydrogens is 291 g/mol. The molecule has 0 radical (unpaired) electrons. The summed E-state index contributed by atoms with van der Waals surface area (Å²) in [6.07, 6.45) is 2.03. The molecule has 0 spiro atoms. The highest BCUT2D eigenvalue weighted by atomic mass is 32.2. The highest BCUT2D eigenvalue weighted by Gasteiger charge is 2.15. The van der Waals surface area contributed by atoms with Crippen LogP contribution < -0.4 is 0 Å². The first-order chi connectivity index (χ1) is 9.99. The van der Waals surface area contributed by atoms with E-state index in [0.29, 0.717) is 16.6 Å². The number of aryl methyl sites for hydroxylation is 1. The number of hydrogen-bond acceptors (Lipinski definition) is 3. The number of thioether (sulfide) groups is 1. The van der Waals surface area contributed by atoms with Gasteiger partial charge in [0.15, 0.2) is 11.0 Å². The maximum Gasteiger partial charge on any atom is 0.313 e. The molecule has 2 rings (SSSR count). The fraction of sp³-hybridized carbons (Fsp3) is 0.467. The van der Waals surface area contributed by atoms with Crippen molar-refractivity contribution >= 4 is 28.8 Å². The van der Waals surface area contributed by atoms with Gasteiger partial charge in [-0.1, -0.05) is 31.7 Å². The summed E-state index contributed by atoms with van der Waals surface area (Å²) in [4.78, 5) is 15.0. The van der Waals surface area contributed by atoms with Crippen molar-refractivity contribution in [3.05, 3.63) is 24.0 Å². The molecule has 0 aliphatic carbocycles. The Bertz CT molecular complexity index is 640. The summed E-state index contributed by atoms with van der Waals surface area (Å²) in [5.41, 5.74) is 1.04. The number of nitrogens with zero attached hydrogens (tertiary/aromatic N) is 2. The molecule has 114 valence electrons. The number of carboxylic acids is 1. The van der Waals surface area contributed by atoms with E-state index >= 15 is 0 Å². The van der Waals surface area contributed by atoms with Gasteiger partial charge in [0.05, 0.1) is 11.3 Å². The average Bonchev–Trinajstić information content (AvgIpc) is 2.76. The Morgan fingerprint density at radius 2 is 2.24 bits per heavy atom. The van der Waals surface area contributed by atoms with Gasteiger partial charge in [-0.3, -0.25) is 4.79 Å². The fourth-order valence-corrected chi connectivity index (χ4v) is 2.96. The monoisotopic (exact) mass is 310 g/mol. The molecule has 21 heavy (non-hydrogen) atoms. The van der Waals surface area contributed by atoms with E-state index in [1.165, 1.54) is 6.07 Å². The molecule has 0 saturated carbocycles. The molecule has 0 bridgehead atoms. The van der Waals surface area contributed by atoms with E-state index in [9.17, 15) is 9.18 Å². The number of carbonyl (C=O) groups is 1. The highest BCUT2D eigenvalue weighted by molar-refractivity contribution is 7.99. The molecule has 0 fully saturated rings. The van der Waals surface area contributed by atoms with E-state index in [1.54, 1.807) is 6.07 Å². The first-order valence-corrected chi connectivity index (χ1v) is 7.97. The Balaban J connectivity index is 2.30. The molecule has 1 heterocycles. The molecule has 0 atom stereocenters. The first kappa shape index (κ1) is 15.8. The van der Waals surface area contributed by atoms with Gasteiger partial charge in [0.25, 0.3) is 0 Å². The molecule has 2 aromatic rings. The van der Waals surface area contributed by atoms with Crippen molar-refractivity contribution in [2.24, 2.45) is 5.92 Å². The normalized spacial score (nSPS) is 11.4. The maximum atomic E-state index is 13.8. The second-order valence-corrected chi connectivity index (χ2v) is 6.31. The lowest BCUT2D eigenvalue weighted by molar-refractivity contribution is -0.133. The van der Waals surface area contributed by atoms with Crippen molar-refractivity contribution in [3.8, 4) is 0 Å². The second-order valence-electron chi connectivity index (χ2n) is 5.37. The maximum absolute atomic E-state index is 13.8. The molecule has 0 amide bonds. The predicted molar refractivity (Wildman–Crippen MR) is 82.1 cm³/mol. The van der Waals surface area contributed by atoms with Gasteiger partial charge in [0, 0.05) is 6.54 Å². The van der Waals surface area contributed by atoms with Gasteiger partial charge in [0.1, 0.15) is 5.52 Å². The third-order valence-electron chi connectivity index (χ3n) is 3.18. The standard InChI is InChI=1S/C15H19FN2O2S/c1-10(2)5-4-8-18-12-7-3-6-11(16)14(12)17-15(18)21-9-13(19)20/h3,6-7,10H,4-5,8-9H2,1-2H3,(H,19,20). The second kappa shape index (κ2) is 6.93. The number of carboxylic acid groups (broad SMARTS) is 1. The van der Waals surface area contributed by atoms with Crippen LogP contribution in [0.2, 0.25) is 0 Å². The Kier molecular flexibility index (Phi) is 5.22. The van der Waals surface area contributed by atoms with Crippen LogP contribution in [0, 0.1) is 11.7 Å². The summed E-state index contributed by atoms with van der Waals surface area (Å²) in [7, 11) is 0. The van der Waals surface area contributed by atoms with Gasteiger partial charge in [0.2, 0.25) is 0 Å². The average molecular weight is 310 g/mol. The van der Waals surface area contributed by atoms with Crippen molar-refractivity contribution < 1.29 is 14.3 Å². The quantitative estimate of drug-likeness (QED) is 0.791. The van der Waals surface area contributed by atoms with Gasteiger partial charge < -0.3 is 9.67 Å². The number of halogens is 1. The first-order valence-electron chi connectivity index (χ1n) is 6.98. The summed E-state index contributed by atoms with van der Waals surface area (Å²) >= 11 is 1.13. The molecule has 6 heteroatoms. The lowest BCUT2D eigenvalue weighted by Gasteiger charge is -2.09. The molecule has 0 unspecified atom stereocenters. The van der Waals surface area contributed by atoms with Crippen molar-refractivity contribution in [2.75, 3.05) is 5.75 Å². The van der Waals surface area contributed by atoms with Crippen LogP contribution in [0.1, 0.15) is 26.7 Å². The van der Waals surface area contributed by atoms with Gasteiger partial charge in [-0.25, -0.2) is 9.37 Å². The van der Waals surface area contributed by atoms with Crippen LogP contribution in [-0.2, 0) is 11.3 Å². The number of aromatic nitrogens is 2. The Morgan fingerprint density at radius 1 is 1.48 bits per heavy atom. The van der Waals surface area contributed by atoms with Crippen molar-refractivity contribution in [2.45, 2.75) is 38.4 Å². The molecule has 0 aliphatic heterocycles. The minimum Gasteiger partial charge on any atom is -0.481 e. The summed E-state index contributed by atoms with van der Waals surface area (Å²) in [6, 6.07) is 4.86. The molecular formula is C15H19FN2O2S. The van der Waals surface area contributed by atoms with Gasteiger partial charge in [-0.05, 0) is 30.9 Å². The van der Waals surface area contributed by atoms with E-state index in [4.69, 9.17) is 5.11 Å². The third-order valence-corrected chi connectivity index (χ3v) is 4.14. The van der Waals surface area contributed by atoms with Crippen LogP contribution in [0.5, 0.6) is 0 Å². The zero-order valence-corrected chi connectivity index (χ0v) is 13.0. The summed E-state index contributed by atoms with van der Waals surface area (Å²) in [5, 5.41) is 9.38. The molecule has 0 aliphatic rings. The largest absolute Gasteiger partial charge is 0.481 e. The van der Waals surface area contributed by atoms with E-state index in [-0.39, 0.29) is 11.6 Å². The van der Waals surface area contributed by atoms with Crippen LogP contribution in [-0.4, -0.2) is 26.4 Å². The van der Waals surface area contributed by atoms with Gasteiger partial charge >= 0.3 is 5.97 Å². The topological polar surface area (TPSA) is 55.1 Å². The minimum absolute atomic E-state index is 0.0743. The van der Waals surface area contributed by atoms with Gasteiger partial charge in [-0.2, -0.15) is 0 Å². The Labute approximate surface area is 127 Å². The SMILES string of the molecule is CC(C)CCCn1c(SCC(=O)O)nc2c(F)cccc21. The zero-order chi connectivity index (χ0) is 15.4. The Hall–Kier alpha value is -1.56. The van der Waals surface area contributed by atoms with Crippen molar-refractivity contribution in [1.29, 1.82) is 0 Å². The number of aliphatic carboxylic acids is 1. The van der Waals surface area contributed by atoms with Crippen LogP contribution in [0.15, 0.2) is 23.4 Å². The van der Waals surface area contributed by atoms with Crippen molar-refractivity contribution in [3.63, 3.8) is 0 Å². The van der Waals surface area contributed by atoms with Crippen LogP contribution >= 0.6 is 11.8 Å². The minimum atomic E-state index is -0.902. The van der Waals surface area contributed by atoms with E-state index in [1.807, 2.05) is 10.6 Å². The Morgan fingerprint density at radius 3 is 2.90 bits per heavy atom. The lowest BCUT2D eigenvalue weighted by atomic mass is 10.1. The molecule has 1 aromatic heterocycles. The van der Waals surface area contributed by atoms with E-state index < -0.39 is 5.97 Å². The molecule has 1 aromatic carbocycles. The number of imidazole rings is 1. The van der Waals surface area contributed by atoms with E-state index in [0.717, 1.165) is 36.7 Å². The lowest BCUT2D eigenvalue weighted by Crippen LogP contribution is -2.04. The van der Waals surface area contributed by atoms with Crippen molar-refractivity contribution in [1.82, 2.24) is 9.55 Å². The van der Waals surface area contributed by atoms with Crippen LogP contribution in [0.25, 0.3) is 11.0 Å². The number of benzene rings is 1. The summed E-state index contributed by atoms with van der Waals surface area (Å²) < 4.78 is 15.8. The van der Waals surface area contributed by atoms with E-state index in [2.05, 4.69) is 18.8 Å². The number of para-hydroxylation sites is 1. The fourth-order valence-electron chi connectivity index (χ4n) is 2.20.